The van der Waals surface area contributed by atoms with E-state index in [4.69, 9.17) is 5.73 Å². The molecule has 1 aromatic carbocycles. The summed E-state index contributed by atoms with van der Waals surface area (Å²) in [5.74, 6) is 0. The van der Waals surface area contributed by atoms with Gasteiger partial charge in [-0.1, -0.05) is 18.2 Å². The maximum atomic E-state index is 5.93. The first kappa shape index (κ1) is 16.3. The van der Waals surface area contributed by atoms with E-state index in [1.165, 1.54) is 16.5 Å². The Morgan fingerprint density at radius 2 is 1.84 bits per heavy atom. The average molecular weight is 302 g/mol. The van der Waals surface area contributed by atoms with Gasteiger partial charge in [-0.05, 0) is 37.6 Å². The summed E-state index contributed by atoms with van der Waals surface area (Å²) in [5.41, 5.74) is 8.56. The first-order chi connectivity index (χ1) is 8.33. The molecular formula is C14H21Cl2N3. The van der Waals surface area contributed by atoms with Crippen molar-refractivity contribution in [3.05, 3.63) is 36.0 Å². The number of rotatable bonds is 2. The van der Waals surface area contributed by atoms with E-state index in [0.29, 0.717) is 6.04 Å². The van der Waals surface area contributed by atoms with E-state index in [9.17, 15) is 0 Å². The predicted octanol–water partition coefficient (Wildman–Crippen LogP) is 2.93. The quantitative estimate of drug-likeness (QED) is 0.896. The van der Waals surface area contributed by atoms with E-state index in [1.807, 2.05) is 0 Å². The molecule has 5 heteroatoms. The minimum absolute atomic E-state index is 0. The number of nitrogens with zero attached hydrogens (tertiary/aromatic N) is 1. The summed E-state index contributed by atoms with van der Waals surface area (Å²) in [4.78, 5) is 5.83. The molecule has 0 aliphatic carbocycles. The number of aromatic amines is 1. The van der Waals surface area contributed by atoms with Crippen LogP contribution in [0, 0.1) is 0 Å². The number of fused-ring (bicyclic) bond motifs is 1. The summed E-state index contributed by atoms with van der Waals surface area (Å²) in [6.07, 6.45) is 4.39. The van der Waals surface area contributed by atoms with Gasteiger partial charge in [0.05, 0.1) is 0 Å². The number of benzene rings is 1. The first-order valence-corrected chi connectivity index (χ1v) is 6.36. The molecule has 0 unspecified atom stereocenters. The Bertz CT molecular complexity index is 504. The van der Waals surface area contributed by atoms with Crippen LogP contribution in [0.3, 0.4) is 0 Å². The normalized spacial score (nSPS) is 16.9. The number of nitrogens with two attached hydrogens (primary N) is 1. The maximum absolute atomic E-state index is 5.93. The van der Waals surface area contributed by atoms with Crippen molar-refractivity contribution in [3.8, 4) is 0 Å². The third-order valence-electron chi connectivity index (χ3n) is 3.70. The largest absolute Gasteiger partial charge is 0.361 e. The molecule has 2 heterocycles. The zero-order valence-corrected chi connectivity index (χ0v) is 12.5. The maximum Gasteiger partial charge on any atom is 0.0457 e. The second-order valence-electron chi connectivity index (χ2n) is 4.97. The van der Waals surface area contributed by atoms with Crippen LogP contribution in [-0.4, -0.2) is 29.0 Å². The fourth-order valence-electron chi connectivity index (χ4n) is 2.61. The van der Waals surface area contributed by atoms with Gasteiger partial charge in [0.2, 0.25) is 0 Å². The lowest BCUT2D eigenvalue weighted by Gasteiger charge is -2.29. The Morgan fingerprint density at radius 1 is 1.16 bits per heavy atom. The number of piperidine rings is 1. The minimum Gasteiger partial charge on any atom is -0.361 e. The minimum atomic E-state index is 0. The molecule has 19 heavy (non-hydrogen) atoms. The van der Waals surface area contributed by atoms with Crippen LogP contribution >= 0.6 is 24.8 Å². The summed E-state index contributed by atoms with van der Waals surface area (Å²) >= 11 is 0. The molecule has 3 nitrogen and oxygen atoms in total. The Labute approximate surface area is 126 Å². The van der Waals surface area contributed by atoms with Gasteiger partial charge in [-0.25, -0.2) is 0 Å². The fourth-order valence-corrected chi connectivity index (χ4v) is 2.61. The van der Waals surface area contributed by atoms with Gasteiger partial charge in [0, 0.05) is 29.7 Å². The standard InChI is InChI=1S/C14H19N3.2ClH/c15-12-5-7-17(8-6-12)10-11-9-16-14-4-2-1-3-13(11)14;;/h1-4,9,12,16H,5-8,10,15H2;2*1H. The molecule has 106 valence electrons. The van der Waals surface area contributed by atoms with Crippen molar-refractivity contribution in [1.82, 2.24) is 9.88 Å². The molecule has 0 saturated carbocycles. The van der Waals surface area contributed by atoms with Gasteiger partial charge in [-0.15, -0.1) is 24.8 Å². The number of halogens is 2. The molecule has 0 spiro atoms. The van der Waals surface area contributed by atoms with Crippen LogP contribution in [-0.2, 0) is 6.54 Å². The molecule has 1 aromatic heterocycles. The predicted molar refractivity (Wildman–Crippen MR) is 85.3 cm³/mol. The van der Waals surface area contributed by atoms with Gasteiger partial charge in [-0.3, -0.25) is 4.90 Å². The summed E-state index contributed by atoms with van der Waals surface area (Å²) < 4.78 is 0. The number of likely N-dealkylation sites (tertiary alicyclic amines) is 1. The summed E-state index contributed by atoms with van der Waals surface area (Å²) in [6.45, 7) is 3.29. The number of hydrogen-bond acceptors (Lipinski definition) is 2. The number of aromatic nitrogens is 1. The Morgan fingerprint density at radius 3 is 2.58 bits per heavy atom. The van der Waals surface area contributed by atoms with Crippen LogP contribution in [0.15, 0.2) is 30.5 Å². The molecule has 0 bridgehead atoms. The highest BCUT2D eigenvalue weighted by Crippen LogP contribution is 2.20. The molecule has 1 fully saturated rings. The lowest BCUT2D eigenvalue weighted by molar-refractivity contribution is 0.206. The zero-order valence-electron chi connectivity index (χ0n) is 10.8. The lowest BCUT2D eigenvalue weighted by atomic mass is 10.1. The van der Waals surface area contributed by atoms with Gasteiger partial charge < -0.3 is 10.7 Å². The van der Waals surface area contributed by atoms with E-state index >= 15 is 0 Å². The number of nitrogens with one attached hydrogen (secondary N) is 1. The number of hydrogen-bond donors (Lipinski definition) is 2. The molecule has 1 saturated heterocycles. The van der Waals surface area contributed by atoms with E-state index < -0.39 is 0 Å². The van der Waals surface area contributed by atoms with Crippen molar-refractivity contribution >= 4 is 35.7 Å². The molecule has 1 aliphatic heterocycles. The lowest BCUT2D eigenvalue weighted by Crippen LogP contribution is -2.39. The van der Waals surface area contributed by atoms with Crippen LogP contribution in [0.2, 0.25) is 0 Å². The monoisotopic (exact) mass is 301 g/mol. The fraction of sp³-hybridized carbons (Fsp3) is 0.429. The Hall–Kier alpha value is -0.740. The highest BCUT2D eigenvalue weighted by Gasteiger charge is 2.16. The van der Waals surface area contributed by atoms with Crippen LogP contribution in [0.1, 0.15) is 18.4 Å². The van der Waals surface area contributed by atoms with E-state index in [-0.39, 0.29) is 24.8 Å². The molecule has 3 N–H and O–H groups in total. The van der Waals surface area contributed by atoms with Crippen LogP contribution in [0.25, 0.3) is 10.9 Å². The van der Waals surface area contributed by atoms with Gasteiger partial charge in [0.25, 0.3) is 0 Å². The van der Waals surface area contributed by atoms with Crippen LogP contribution in [0.4, 0.5) is 0 Å². The number of H-pyrrole nitrogens is 1. The molecule has 0 amide bonds. The third kappa shape index (κ3) is 3.63. The number of para-hydroxylation sites is 1. The highest BCUT2D eigenvalue weighted by molar-refractivity contribution is 5.85. The van der Waals surface area contributed by atoms with Gasteiger partial charge in [0.15, 0.2) is 0 Å². The summed E-state index contributed by atoms with van der Waals surface area (Å²) in [7, 11) is 0. The first-order valence-electron chi connectivity index (χ1n) is 6.36. The SMILES string of the molecule is Cl.Cl.NC1CCN(Cc2c[nH]c3ccccc23)CC1. The van der Waals surface area contributed by atoms with E-state index in [1.54, 1.807) is 0 Å². The summed E-state index contributed by atoms with van der Waals surface area (Å²) in [6, 6.07) is 8.91. The molecular weight excluding hydrogens is 281 g/mol. The van der Waals surface area contributed by atoms with Crippen molar-refractivity contribution in [2.45, 2.75) is 25.4 Å². The molecule has 0 atom stereocenters. The topological polar surface area (TPSA) is 45.0 Å². The Kier molecular flexibility index (Phi) is 6.14. The smallest absolute Gasteiger partial charge is 0.0457 e. The third-order valence-corrected chi connectivity index (χ3v) is 3.70. The van der Waals surface area contributed by atoms with Gasteiger partial charge in [0.1, 0.15) is 0 Å². The van der Waals surface area contributed by atoms with Crippen LogP contribution in [0.5, 0.6) is 0 Å². The van der Waals surface area contributed by atoms with Gasteiger partial charge in [-0.2, -0.15) is 0 Å². The van der Waals surface area contributed by atoms with Crippen LogP contribution < -0.4 is 5.73 Å². The molecule has 2 aromatic rings. The highest BCUT2D eigenvalue weighted by atomic mass is 35.5. The van der Waals surface area contributed by atoms with Crippen molar-refractivity contribution in [3.63, 3.8) is 0 Å². The molecule has 1 aliphatic rings. The van der Waals surface area contributed by atoms with Crippen molar-refractivity contribution in [1.29, 1.82) is 0 Å². The average Bonchev–Trinajstić information content (AvgIpc) is 2.76. The van der Waals surface area contributed by atoms with Crippen molar-refractivity contribution in [2.24, 2.45) is 5.73 Å². The van der Waals surface area contributed by atoms with E-state index in [0.717, 1.165) is 32.5 Å². The molecule has 0 radical (unpaired) electrons. The second kappa shape index (κ2) is 7.15. The van der Waals surface area contributed by atoms with Crippen molar-refractivity contribution in [2.75, 3.05) is 13.1 Å². The van der Waals surface area contributed by atoms with Crippen molar-refractivity contribution < 1.29 is 0 Å². The Balaban J connectivity index is 0.000000902. The van der Waals surface area contributed by atoms with E-state index in [2.05, 4.69) is 40.3 Å². The summed E-state index contributed by atoms with van der Waals surface area (Å²) in [5, 5.41) is 1.35. The molecule has 3 rings (SSSR count). The van der Waals surface area contributed by atoms with Gasteiger partial charge >= 0.3 is 0 Å². The second-order valence-corrected chi connectivity index (χ2v) is 4.97. The zero-order chi connectivity index (χ0) is 11.7.